The third kappa shape index (κ3) is 4.73. The molecule has 0 aliphatic rings. The number of hydrogen-bond donors (Lipinski definition) is 2. The number of nitrogens with zero attached hydrogens (tertiary/aromatic N) is 3. The lowest BCUT2D eigenvalue weighted by atomic mass is 10.1. The van der Waals surface area contributed by atoms with E-state index in [9.17, 15) is 0 Å². The average molecular weight is 385 g/mol. The standard InChI is InChI=1S/C23H23N5O/c1-28(2)19-12-10-18(11-13-19)25-23-26-21(17-7-4-3-5-8-17)15-22(27-23)24-16-20-9-6-14-29-20/h3-15H,16H2,1-2H3,(H2,24,25,26,27). The first kappa shape index (κ1) is 18.6. The second-order valence-electron chi connectivity index (χ2n) is 6.83. The Labute approximate surface area is 170 Å². The molecule has 0 atom stereocenters. The highest BCUT2D eigenvalue weighted by atomic mass is 16.3. The van der Waals surface area contributed by atoms with Gasteiger partial charge in [0.25, 0.3) is 0 Å². The van der Waals surface area contributed by atoms with Gasteiger partial charge in [0, 0.05) is 37.1 Å². The Balaban J connectivity index is 1.61. The Morgan fingerprint density at radius 2 is 1.69 bits per heavy atom. The van der Waals surface area contributed by atoms with E-state index in [0.717, 1.165) is 34.2 Å². The number of aromatic nitrogens is 2. The third-order valence-corrected chi connectivity index (χ3v) is 4.46. The second kappa shape index (κ2) is 8.48. The Hall–Kier alpha value is -3.80. The summed E-state index contributed by atoms with van der Waals surface area (Å²) < 4.78 is 5.40. The lowest BCUT2D eigenvalue weighted by molar-refractivity contribution is 0.518. The van der Waals surface area contributed by atoms with E-state index in [1.165, 1.54) is 0 Å². The second-order valence-corrected chi connectivity index (χ2v) is 6.83. The fraction of sp³-hybridized carbons (Fsp3) is 0.130. The first-order valence-corrected chi connectivity index (χ1v) is 9.42. The van der Waals surface area contributed by atoms with Gasteiger partial charge in [-0.25, -0.2) is 4.98 Å². The van der Waals surface area contributed by atoms with Crippen LogP contribution < -0.4 is 15.5 Å². The molecule has 0 unspecified atom stereocenters. The van der Waals surface area contributed by atoms with Crippen molar-refractivity contribution in [1.82, 2.24) is 9.97 Å². The van der Waals surface area contributed by atoms with Gasteiger partial charge in [-0.2, -0.15) is 4.98 Å². The molecule has 2 aromatic carbocycles. The molecule has 2 N–H and O–H groups in total. The largest absolute Gasteiger partial charge is 0.467 e. The van der Waals surface area contributed by atoms with Crippen molar-refractivity contribution in [2.75, 3.05) is 29.6 Å². The summed E-state index contributed by atoms with van der Waals surface area (Å²) in [4.78, 5) is 11.4. The van der Waals surface area contributed by atoms with Gasteiger partial charge in [-0.05, 0) is 36.4 Å². The maximum atomic E-state index is 5.40. The number of anilines is 4. The lowest BCUT2D eigenvalue weighted by Crippen LogP contribution is -2.08. The van der Waals surface area contributed by atoms with Crippen LogP contribution in [0.4, 0.5) is 23.1 Å². The minimum absolute atomic E-state index is 0.533. The van der Waals surface area contributed by atoms with Crippen molar-refractivity contribution < 1.29 is 4.42 Å². The van der Waals surface area contributed by atoms with E-state index in [1.54, 1.807) is 6.26 Å². The molecule has 0 aliphatic carbocycles. The highest BCUT2D eigenvalue weighted by molar-refractivity contribution is 5.66. The highest BCUT2D eigenvalue weighted by Crippen LogP contribution is 2.24. The molecule has 0 saturated heterocycles. The zero-order valence-electron chi connectivity index (χ0n) is 16.5. The van der Waals surface area contributed by atoms with Gasteiger partial charge in [0.05, 0.1) is 18.5 Å². The summed E-state index contributed by atoms with van der Waals surface area (Å²) in [6.45, 7) is 0.551. The molecular weight excluding hydrogens is 362 g/mol. The number of furan rings is 1. The SMILES string of the molecule is CN(C)c1ccc(Nc2nc(NCc3ccco3)cc(-c3ccccc3)n2)cc1. The Kier molecular flexibility index (Phi) is 5.42. The molecule has 0 spiro atoms. The molecule has 0 amide bonds. The van der Waals surface area contributed by atoms with Gasteiger partial charge < -0.3 is 20.0 Å². The van der Waals surface area contributed by atoms with Crippen LogP contribution in [0.3, 0.4) is 0 Å². The molecule has 29 heavy (non-hydrogen) atoms. The minimum Gasteiger partial charge on any atom is -0.467 e. The molecule has 4 rings (SSSR count). The normalized spacial score (nSPS) is 10.6. The first-order chi connectivity index (χ1) is 14.2. The van der Waals surface area contributed by atoms with E-state index in [0.29, 0.717) is 12.5 Å². The Bertz CT molecular complexity index is 1040. The summed E-state index contributed by atoms with van der Waals surface area (Å²) in [7, 11) is 4.04. The molecule has 0 radical (unpaired) electrons. The van der Waals surface area contributed by atoms with Gasteiger partial charge in [0.2, 0.25) is 5.95 Å². The maximum Gasteiger partial charge on any atom is 0.229 e. The van der Waals surface area contributed by atoms with Crippen LogP contribution in [-0.2, 0) is 6.54 Å². The van der Waals surface area contributed by atoms with Gasteiger partial charge >= 0.3 is 0 Å². The van der Waals surface area contributed by atoms with Crippen molar-refractivity contribution >= 4 is 23.1 Å². The van der Waals surface area contributed by atoms with Gasteiger partial charge in [-0.3, -0.25) is 0 Å². The average Bonchev–Trinajstić information content (AvgIpc) is 3.27. The van der Waals surface area contributed by atoms with Crippen molar-refractivity contribution in [3.05, 3.63) is 84.8 Å². The van der Waals surface area contributed by atoms with Crippen molar-refractivity contribution in [1.29, 1.82) is 0 Å². The number of rotatable bonds is 7. The van der Waals surface area contributed by atoms with Crippen molar-refractivity contribution in [2.45, 2.75) is 6.54 Å². The van der Waals surface area contributed by atoms with Crippen molar-refractivity contribution in [3.63, 3.8) is 0 Å². The van der Waals surface area contributed by atoms with Gasteiger partial charge in [0.1, 0.15) is 11.6 Å². The van der Waals surface area contributed by atoms with Gasteiger partial charge in [-0.15, -0.1) is 0 Å². The fourth-order valence-corrected chi connectivity index (χ4v) is 2.91. The van der Waals surface area contributed by atoms with Crippen LogP contribution in [0, 0.1) is 0 Å². The molecule has 0 fully saturated rings. The summed E-state index contributed by atoms with van der Waals surface area (Å²) in [5, 5.41) is 6.63. The van der Waals surface area contributed by atoms with E-state index < -0.39 is 0 Å². The predicted octanol–water partition coefficient (Wildman–Crippen LogP) is 5.16. The van der Waals surface area contributed by atoms with Crippen molar-refractivity contribution in [2.24, 2.45) is 0 Å². The molecule has 0 bridgehead atoms. The quantitative estimate of drug-likeness (QED) is 0.458. The molecular formula is C23H23N5O. The molecule has 0 saturated carbocycles. The van der Waals surface area contributed by atoms with Crippen LogP contribution in [0.2, 0.25) is 0 Å². The predicted molar refractivity (Wildman–Crippen MR) is 118 cm³/mol. The molecule has 6 heteroatoms. The zero-order chi connectivity index (χ0) is 20.1. The number of hydrogen-bond acceptors (Lipinski definition) is 6. The van der Waals surface area contributed by atoms with E-state index in [1.807, 2.05) is 74.8 Å². The molecule has 146 valence electrons. The molecule has 2 aromatic heterocycles. The van der Waals surface area contributed by atoms with E-state index >= 15 is 0 Å². The van der Waals surface area contributed by atoms with Crippen LogP contribution in [0.25, 0.3) is 11.3 Å². The minimum atomic E-state index is 0.533. The number of nitrogens with one attached hydrogen (secondary N) is 2. The molecule has 6 nitrogen and oxygen atoms in total. The van der Waals surface area contributed by atoms with Crippen LogP contribution >= 0.6 is 0 Å². The maximum absolute atomic E-state index is 5.40. The van der Waals surface area contributed by atoms with Gasteiger partial charge in [-0.1, -0.05) is 30.3 Å². The Morgan fingerprint density at radius 1 is 0.897 bits per heavy atom. The van der Waals surface area contributed by atoms with Gasteiger partial charge in [0.15, 0.2) is 0 Å². The third-order valence-electron chi connectivity index (χ3n) is 4.46. The highest BCUT2D eigenvalue weighted by Gasteiger charge is 2.08. The van der Waals surface area contributed by atoms with Crippen LogP contribution in [0.15, 0.2) is 83.5 Å². The summed E-state index contributed by atoms with van der Waals surface area (Å²) >= 11 is 0. The smallest absolute Gasteiger partial charge is 0.229 e. The number of benzene rings is 2. The van der Waals surface area contributed by atoms with E-state index in [-0.39, 0.29) is 0 Å². The summed E-state index contributed by atoms with van der Waals surface area (Å²) in [5.74, 6) is 2.10. The molecule has 0 aliphatic heterocycles. The van der Waals surface area contributed by atoms with Crippen LogP contribution in [0.5, 0.6) is 0 Å². The van der Waals surface area contributed by atoms with Crippen LogP contribution in [-0.4, -0.2) is 24.1 Å². The Morgan fingerprint density at radius 3 is 2.38 bits per heavy atom. The van der Waals surface area contributed by atoms with E-state index in [2.05, 4.69) is 32.7 Å². The topological polar surface area (TPSA) is 66.2 Å². The first-order valence-electron chi connectivity index (χ1n) is 9.42. The summed E-state index contributed by atoms with van der Waals surface area (Å²) in [6.07, 6.45) is 1.66. The monoisotopic (exact) mass is 385 g/mol. The summed E-state index contributed by atoms with van der Waals surface area (Å²) in [5.41, 5.74) is 3.94. The van der Waals surface area contributed by atoms with Crippen molar-refractivity contribution in [3.8, 4) is 11.3 Å². The molecule has 2 heterocycles. The lowest BCUT2D eigenvalue weighted by Gasteiger charge is -2.14. The zero-order valence-corrected chi connectivity index (χ0v) is 16.5. The molecule has 4 aromatic rings. The van der Waals surface area contributed by atoms with E-state index in [4.69, 9.17) is 9.40 Å². The fourth-order valence-electron chi connectivity index (χ4n) is 2.91. The van der Waals surface area contributed by atoms with Crippen LogP contribution in [0.1, 0.15) is 5.76 Å². The summed E-state index contributed by atoms with van der Waals surface area (Å²) in [6, 6.07) is 24.0.